The summed E-state index contributed by atoms with van der Waals surface area (Å²) in [6.07, 6.45) is 0. The molecule has 0 saturated carbocycles. The van der Waals surface area contributed by atoms with Crippen molar-refractivity contribution in [3.8, 4) is 0 Å². The van der Waals surface area contributed by atoms with Gasteiger partial charge in [0.15, 0.2) is 5.13 Å². The van der Waals surface area contributed by atoms with Crippen LogP contribution >= 0.6 is 46.1 Å². The van der Waals surface area contributed by atoms with Crippen LogP contribution in [0.5, 0.6) is 0 Å². The molecule has 0 saturated heterocycles. The fraction of sp³-hybridized carbons (Fsp3) is 0. The van der Waals surface area contributed by atoms with Gasteiger partial charge < -0.3 is 0 Å². The van der Waals surface area contributed by atoms with Gasteiger partial charge in [-0.15, -0.1) is 0 Å². The Hall–Kier alpha value is -1.33. The first-order chi connectivity index (χ1) is 10.0. The average Bonchev–Trinajstić information content (AvgIpc) is 2.89. The van der Waals surface area contributed by atoms with Crippen molar-refractivity contribution in [2.45, 2.75) is 0 Å². The number of rotatable bonds is 2. The van der Waals surface area contributed by atoms with Crippen LogP contribution in [0.15, 0.2) is 36.4 Å². The zero-order chi connectivity index (χ0) is 15.0. The Kier molecular flexibility index (Phi) is 4.04. The van der Waals surface area contributed by atoms with Crippen molar-refractivity contribution in [1.82, 2.24) is 4.98 Å². The number of nitrogens with zero attached hydrogens (tertiary/aromatic N) is 1. The number of hydrogen-bond acceptors (Lipinski definition) is 3. The molecule has 0 bridgehead atoms. The summed E-state index contributed by atoms with van der Waals surface area (Å²) in [5, 5.41) is 4.80. The van der Waals surface area contributed by atoms with E-state index < -0.39 is 0 Å². The van der Waals surface area contributed by atoms with Crippen LogP contribution in [0.2, 0.25) is 15.1 Å². The average molecular weight is 358 g/mol. The van der Waals surface area contributed by atoms with E-state index in [1.807, 2.05) is 0 Å². The van der Waals surface area contributed by atoms with Crippen LogP contribution in [0.4, 0.5) is 5.13 Å². The summed E-state index contributed by atoms with van der Waals surface area (Å²) >= 11 is 19.2. The molecule has 1 N–H and O–H groups in total. The van der Waals surface area contributed by atoms with E-state index in [-0.39, 0.29) is 5.91 Å². The van der Waals surface area contributed by atoms with Gasteiger partial charge in [-0.25, -0.2) is 4.98 Å². The largest absolute Gasteiger partial charge is 0.298 e. The Bertz CT molecular complexity index is 791. The highest BCUT2D eigenvalue weighted by Gasteiger charge is 2.13. The second-order valence-corrected chi connectivity index (χ2v) is 6.44. The van der Waals surface area contributed by atoms with E-state index in [9.17, 15) is 4.79 Å². The Morgan fingerprint density at radius 3 is 2.33 bits per heavy atom. The third kappa shape index (κ3) is 2.99. The van der Waals surface area contributed by atoms with Crippen molar-refractivity contribution in [3.05, 3.63) is 57.0 Å². The highest BCUT2D eigenvalue weighted by Crippen LogP contribution is 2.36. The lowest BCUT2D eigenvalue weighted by molar-refractivity contribution is 0.102. The molecule has 0 unspecified atom stereocenters. The van der Waals surface area contributed by atoms with Crippen molar-refractivity contribution in [2.75, 3.05) is 5.32 Å². The zero-order valence-electron chi connectivity index (χ0n) is 10.4. The van der Waals surface area contributed by atoms with E-state index >= 15 is 0 Å². The Balaban J connectivity index is 1.91. The minimum absolute atomic E-state index is 0.266. The Labute approximate surface area is 139 Å². The summed E-state index contributed by atoms with van der Waals surface area (Å²) in [5.74, 6) is -0.266. The third-order valence-corrected chi connectivity index (χ3v) is 4.76. The molecule has 0 atom stereocenters. The second kappa shape index (κ2) is 5.81. The van der Waals surface area contributed by atoms with Gasteiger partial charge in [0.2, 0.25) is 0 Å². The van der Waals surface area contributed by atoms with E-state index in [1.165, 1.54) is 11.3 Å². The molecule has 106 valence electrons. The summed E-state index contributed by atoms with van der Waals surface area (Å²) in [4.78, 5) is 16.4. The summed E-state index contributed by atoms with van der Waals surface area (Å²) in [6, 6.07) is 9.98. The number of carbonyl (C=O) groups excluding carboxylic acids is 1. The lowest BCUT2D eigenvalue weighted by Crippen LogP contribution is -2.11. The molecular weight excluding hydrogens is 351 g/mol. The highest BCUT2D eigenvalue weighted by molar-refractivity contribution is 7.23. The fourth-order valence-electron chi connectivity index (χ4n) is 1.77. The van der Waals surface area contributed by atoms with Gasteiger partial charge in [0.05, 0.1) is 14.7 Å². The van der Waals surface area contributed by atoms with Gasteiger partial charge in [0, 0.05) is 10.6 Å². The van der Waals surface area contributed by atoms with E-state index in [2.05, 4.69) is 10.3 Å². The van der Waals surface area contributed by atoms with Crippen LogP contribution in [0.25, 0.3) is 10.2 Å². The van der Waals surface area contributed by atoms with Crippen molar-refractivity contribution in [1.29, 1.82) is 0 Å². The standard InChI is InChI=1S/C14H7Cl3N2OS/c15-8-3-1-7(2-4-8)13(20)19-14-18-11-9(16)5-6-10(17)12(11)21-14/h1-6H,(H,18,19,20). The van der Waals surface area contributed by atoms with E-state index in [0.29, 0.717) is 31.3 Å². The molecule has 3 nitrogen and oxygen atoms in total. The maximum absolute atomic E-state index is 12.1. The van der Waals surface area contributed by atoms with Gasteiger partial charge in [-0.3, -0.25) is 10.1 Å². The van der Waals surface area contributed by atoms with Crippen LogP contribution in [-0.4, -0.2) is 10.9 Å². The van der Waals surface area contributed by atoms with Crippen LogP contribution < -0.4 is 5.32 Å². The molecule has 0 aliphatic carbocycles. The fourth-order valence-corrected chi connectivity index (χ4v) is 3.31. The molecule has 3 aromatic rings. The highest BCUT2D eigenvalue weighted by atomic mass is 35.5. The maximum Gasteiger partial charge on any atom is 0.257 e. The maximum atomic E-state index is 12.1. The van der Waals surface area contributed by atoms with Crippen molar-refractivity contribution < 1.29 is 4.79 Å². The first-order valence-electron chi connectivity index (χ1n) is 5.86. The minimum Gasteiger partial charge on any atom is -0.298 e. The zero-order valence-corrected chi connectivity index (χ0v) is 13.4. The molecule has 3 rings (SSSR count). The SMILES string of the molecule is O=C(Nc1nc2c(Cl)ccc(Cl)c2s1)c1ccc(Cl)cc1. The van der Waals surface area contributed by atoms with Gasteiger partial charge in [0.25, 0.3) is 5.91 Å². The third-order valence-electron chi connectivity index (χ3n) is 2.77. The van der Waals surface area contributed by atoms with Gasteiger partial charge in [-0.05, 0) is 36.4 Å². The molecule has 0 radical (unpaired) electrons. The number of carbonyl (C=O) groups is 1. The van der Waals surface area contributed by atoms with E-state index in [0.717, 1.165) is 4.70 Å². The summed E-state index contributed by atoms with van der Waals surface area (Å²) in [6.45, 7) is 0. The second-order valence-electron chi connectivity index (χ2n) is 4.19. The van der Waals surface area contributed by atoms with Crippen LogP contribution in [0, 0.1) is 0 Å². The van der Waals surface area contributed by atoms with Crippen molar-refractivity contribution in [3.63, 3.8) is 0 Å². The number of nitrogens with one attached hydrogen (secondary N) is 1. The monoisotopic (exact) mass is 356 g/mol. The summed E-state index contributed by atoms with van der Waals surface area (Å²) in [5.41, 5.74) is 1.08. The van der Waals surface area contributed by atoms with Gasteiger partial charge >= 0.3 is 0 Å². The first-order valence-corrected chi connectivity index (χ1v) is 7.81. The predicted octanol–water partition coefficient (Wildman–Crippen LogP) is 5.51. The summed E-state index contributed by atoms with van der Waals surface area (Å²) < 4.78 is 0.746. The smallest absolute Gasteiger partial charge is 0.257 e. The molecule has 0 aliphatic heterocycles. The number of anilines is 1. The topological polar surface area (TPSA) is 42.0 Å². The molecule has 1 heterocycles. The first kappa shape index (κ1) is 14.6. The molecule has 7 heteroatoms. The lowest BCUT2D eigenvalue weighted by atomic mass is 10.2. The van der Waals surface area contributed by atoms with Crippen LogP contribution in [-0.2, 0) is 0 Å². The molecule has 1 amide bonds. The summed E-state index contributed by atoms with van der Waals surface area (Å²) in [7, 11) is 0. The van der Waals surface area contributed by atoms with Crippen molar-refractivity contribution >= 4 is 67.4 Å². The quantitative estimate of drug-likeness (QED) is 0.657. The number of aromatic nitrogens is 1. The Morgan fingerprint density at radius 2 is 1.67 bits per heavy atom. The van der Waals surface area contributed by atoms with Gasteiger partial charge in [0.1, 0.15) is 5.52 Å². The molecule has 0 aliphatic rings. The number of fused-ring (bicyclic) bond motifs is 1. The molecule has 0 spiro atoms. The number of benzene rings is 2. The molecule has 21 heavy (non-hydrogen) atoms. The van der Waals surface area contributed by atoms with E-state index in [1.54, 1.807) is 36.4 Å². The molecule has 0 fully saturated rings. The number of halogens is 3. The molecular formula is C14H7Cl3N2OS. The van der Waals surface area contributed by atoms with Crippen molar-refractivity contribution in [2.24, 2.45) is 0 Å². The molecule has 1 aromatic heterocycles. The van der Waals surface area contributed by atoms with E-state index in [4.69, 9.17) is 34.8 Å². The van der Waals surface area contributed by atoms with Crippen LogP contribution in [0.3, 0.4) is 0 Å². The lowest BCUT2D eigenvalue weighted by Gasteiger charge is -2.01. The van der Waals surface area contributed by atoms with Gasteiger partial charge in [-0.2, -0.15) is 0 Å². The van der Waals surface area contributed by atoms with Crippen LogP contribution in [0.1, 0.15) is 10.4 Å². The Morgan fingerprint density at radius 1 is 1.00 bits per heavy atom. The molecule has 2 aromatic carbocycles. The number of thiazole rings is 1. The predicted molar refractivity (Wildman–Crippen MR) is 89.0 cm³/mol. The number of hydrogen-bond donors (Lipinski definition) is 1. The normalized spacial score (nSPS) is 10.8. The number of amides is 1. The van der Waals surface area contributed by atoms with Gasteiger partial charge in [-0.1, -0.05) is 46.1 Å². The minimum atomic E-state index is -0.266.